The summed E-state index contributed by atoms with van der Waals surface area (Å²) in [5, 5.41) is 23.4. The highest BCUT2D eigenvalue weighted by atomic mass is 16.3. The molecular weight excluding hydrogens is 783 g/mol. The van der Waals surface area contributed by atoms with Gasteiger partial charge < -0.3 is 15.5 Å². The van der Waals surface area contributed by atoms with Crippen LogP contribution in [0.3, 0.4) is 0 Å². The van der Waals surface area contributed by atoms with E-state index in [1.165, 1.54) is 295 Å². The fraction of sp³-hybridized carbons (Fsp3) is 0.950. The minimum absolute atomic E-state index is 0.0253. The van der Waals surface area contributed by atoms with Crippen molar-refractivity contribution in [3.05, 3.63) is 12.2 Å². The van der Waals surface area contributed by atoms with Crippen molar-refractivity contribution < 1.29 is 15.0 Å². The molecule has 4 heteroatoms. The Kier molecular flexibility index (Phi) is 55.7. The Bertz CT molecular complexity index is 890. The quantitative estimate of drug-likeness (QED) is 0.0421. The number of hydrogen-bond acceptors (Lipinski definition) is 3. The van der Waals surface area contributed by atoms with E-state index in [9.17, 15) is 15.0 Å². The molecule has 0 aromatic heterocycles. The van der Waals surface area contributed by atoms with Gasteiger partial charge in [-0.15, -0.1) is 0 Å². The molecule has 0 spiro atoms. The molecule has 0 saturated carbocycles. The van der Waals surface area contributed by atoms with Gasteiger partial charge in [0, 0.05) is 6.42 Å². The van der Waals surface area contributed by atoms with Crippen LogP contribution >= 0.6 is 0 Å². The molecule has 2 atom stereocenters. The van der Waals surface area contributed by atoms with Crippen LogP contribution in [0.1, 0.15) is 348 Å². The van der Waals surface area contributed by atoms with Crippen molar-refractivity contribution in [1.29, 1.82) is 0 Å². The van der Waals surface area contributed by atoms with Gasteiger partial charge >= 0.3 is 0 Å². The number of allylic oxidation sites excluding steroid dienone is 2. The van der Waals surface area contributed by atoms with Gasteiger partial charge in [-0.3, -0.25) is 4.79 Å². The van der Waals surface area contributed by atoms with E-state index in [1.807, 2.05) is 0 Å². The fourth-order valence-electron chi connectivity index (χ4n) is 9.71. The van der Waals surface area contributed by atoms with Crippen LogP contribution in [-0.2, 0) is 4.79 Å². The first-order valence-corrected chi connectivity index (χ1v) is 29.9. The normalized spacial score (nSPS) is 12.8. The van der Waals surface area contributed by atoms with Crippen LogP contribution in [0.15, 0.2) is 12.2 Å². The molecule has 4 nitrogen and oxygen atoms in total. The largest absolute Gasteiger partial charge is 0.394 e. The molecule has 0 aromatic carbocycles. The fourth-order valence-corrected chi connectivity index (χ4v) is 9.71. The SMILES string of the molecule is CCCCCCCCCC/C=C\CCCCCCCCCCCCCC(=O)NC(CO)C(O)CCCCCCCCCCCCCCCCCCCCCCCCCCCCCCC. The van der Waals surface area contributed by atoms with Crippen molar-refractivity contribution in [3.63, 3.8) is 0 Å². The van der Waals surface area contributed by atoms with E-state index in [0.29, 0.717) is 12.8 Å². The number of aliphatic hydroxyl groups excluding tert-OH is 2. The number of carbonyl (C=O) groups excluding carboxylic acids is 1. The number of nitrogens with one attached hydrogen (secondary N) is 1. The molecule has 0 bridgehead atoms. The van der Waals surface area contributed by atoms with Gasteiger partial charge in [0.25, 0.3) is 0 Å². The third-order valence-electron chi connectivity index (χ3n) is 14.3. The van der Waals surface area contributed by atoms with Gasteiger partial charge in [0.1, 0.15) is 0 Å². The molecule has 1 amide bonds. The minimum Gasteiger partial charge on any atom is -0.394 e. The number of carbonyl (C=O) groups is 1. The van der Waals surface area contributed by atoms with Crippen LogP contribution in [0.5, 0.6) is 0 Å². The zero-order valence-electron chi connectivity index (χ0n) is 44.1. The van der Waals surface area contributed by atoms with Crippen molar-refractivity contribution in [3.8, 4) is 0 Å². The third-order valence-corrected chi connectivity index (χ3v) is 14.3. The number of amides is 1. The number of aliphatic hydroxyl groups is 2. The number of hydrogen-bond donors (Lipinski definition) is 3. The summed E-state index contributed by atoms with van der Waals surface area (Å²) in [4.78, 5) is 12.5. The first kappa shape index (κ1) is 63.1. The smallest absolute Gasteiger partial charge is 0.220 e. The van der Waals surface area contributed by atoms with Crippen LogP contribution < -0.4 is 5.32 Å². The summed E-state index contributed by atoms with van der Waals surface area (Å²) in [5.41, 5.74) is 0. The lowest BCUT2D eigenvalue weighted by Crippen LogP contribution is -2.45. The highest BCUT2D eigenvalue weighted by Crippen LogP contribution is 2.18. The Hall–Kier alpha value is -0.870. The van der Waals surface area contributed by atoms with E-state index in [-0.39, 0.29) is 12.5 Å². The Labute approximate surface area is 403 Å². The predicted molar refractivity (Wildman–Crippen MR) is 286 cm³/mol. The van der Waals surface area contributed by atoms with Crippen LogP contribution in [0.25, 0.3) is 0 Å². The molecule has 64 heavy (non-hydrogen) atoms. The van der Waals surface area contributed by atoms with E-state index < -0.39 is 12.1 Å². The Morgan fingerprint density at radius 2 is 0.594 bits per heavy atom. The van der Waals surface area contributed by atoms with E-state index in [2.05, 4.69) is 31.3 Å². The van der Waals surface area contributed by atoms with Gasteiger partial charge in [0.15, 0.2) is 0 Å². The van der Waals surface area contributed by atoms with E-state index in [0.717, 1.165) is 25.7 Å². The van der Waals surface area contributed by atoms with Crippen molar-refractivity contribution in [2.75, 3.05) is 6.61 Å². The van der Waals surface area contributed by atoms with Crippen LogP contribution in [-0.4, -0.2) is 34.9 Å². The summed E-state index contributed by atoms with van der Waals surface area (Å²) in [6.07, 6.45) is 73.6. The second kappa shape index (κ2) is 56.5. The molecule has 0 aliphatic heterocycles. The Balaban J connectivity index is 3.40. The minimum atomic E-state index is -0.658. The number of rotatable bonds is 56. The molecule has 3 N–H and O–H groups in total. The van der Waals surface area contributed by atoms with Crippen LogP contribution in [0, 0.1) is 0 Å². The maximum Gasteiger partial charge on any atom is 0.220 e. The first-order chi connectivity index (χ1) is 31.7. The predicted octanol–water partition coefficient (Wildman–Crippen LogP) is 19.7. The molecule has 2 unspecified atom stereocenters. The summed E-state index contributed by atoms with van der Waals surface area (Å²) in [7, 11) is 0. The number of unbranched alkanes of at least 4 members (excludes halogenated alkanes) is 47. The molecule has 0 aromatic rings. The molecule has 0 fully saturated rings. The molecular formula is C60H119NO3. The third kappa shape index (κ3) is 52.1. The maximum atomic E-state index is 12.5. The average Bonchev–Trinajstić information content (AvgIpc) is 3.30. The van der Waals surface area contributed by atoms with E-state index in [4.69, 9.17) is 0 Å². The molecule has 0 aliphatic rings. The van der Waals surface area contributed by atoms with Crippen molar-refractivity contribution in [2.24, 2.45) is 0 Å². The van der Waals surface area contributed by atoms with Gasteiger partial charge in [0.05, 0.1) is 18.8 Å². The summed E-state index contributed by atoms with van der Waals surface area (Å²) in [6, 6.07) is -0.535. The Morgan fingerprint density at radius 1 is 0.359 bits per heavy atom. The molecule has 0 aliphatic carbocycles. The van der Waals surface area contributed by atoms with Gasteiger partial charge in [-0.25, -0.2) is 0 Å². The highest BCUT2D eigenvalue weighted by molar-refractivity contribution is 5.76. The second-order valence-electron chi connectivity index (χ2n) is 20.8. The molecule has 0 heterocycles. The molecule has 0 radical (unpaired) electrons. The van der Waals surface area contributed by atoms with Crippen molar-refractivity contribution in [1.82, 2.24) is 5.32 Å². The monoisotopic (exact) mass is 902 g/mol. The maximum absolute atomic E-state index is 12.5. The van der Waals surface area contributed by atoms with Crippen molar-refractivity contribution in [2.45, 2.75) is 360 Å². The molecule has 382 valence electrons. The van der Waals surface area contributed by atoms with E-state index in [1.54, 1.807) is 0 Å². The van der Waals surface area contributed by atoms with Gasteiger partial charge in [-0.1, -0.05) is 315 Å². The second-order valence-corrected chi connectivity index (χ2v) is 20.8. The topological polar surface area (TPSA) is 69.6 Å². The summed E-state index contributed by atoms with van der Waals surface area (Å²) in [5.74, 6) is -0.0253. The Morgan fingerprint density at radius 3 is 0.859 bits per heavy atom. The summed E-state index contributed by atoms with van der Waals surface area (Å²) >= 11 is 0. The lowest BCUT2D eigenvalue weighted by atomic mass is 10.0. The average molecular weight is 903 g/mol. The van der Waals surface area contributed by atoms with Gasteiger partial charge in [-0.05, 0) is 38.5 Å². The molecule has 0 saturated heterocycles. The first-order valence-electron chi connectivity index (χ1n) is 29.9. The van der Waals surface area contributed by atoms with Gasteiger partial charge in [0.2, 0.25) is 5.91 Å². The van der Waals surface area contributed by atoms with Crippen LogP contribution in [0.2, 0.25) is 0 Å². The van der Waals surface area contributed by atoms with Crippen molar-refractivity contribution >= 4 is 5.91 Å². The zero-order chi connectivity index (χ0) is 46.3. The van der Waals surface area contributed by atoms with Gasteiger partial charge in [-0.2, -0.15) is 0 Å². The van der Waals surface area contributed by atoms with E-state index >= 15 is 0 Å². The molecule has 0 rings (SSSR count). The lowest BCUT2D eigenvalue weighted by Gasteiger charge is -2.22. The van der Waals surface area contributed by atoms with Crippen LogP contribution in [0.4, 0.5) is 0 Å². The zero-order valence-corrected chi connectivity index (χ0v) is 44.1. The lowest BCUT2D eigenvalue weighted by molar-refractivity contribution is -0.123. The standard InChI is InChI=1S/C60H119NO3/c1-3-5-7-9-11-13-15-17-19-21-23-25-27-28-29-30-31-32-34-35-37-39-41-43-45-47-49-51-53-55-59(63)58(57-62)61-60(64)56-54-52-50-48-46-44-42-40-38-36-33-26-24-22-20-18-16-14-12-10-8-6-4-2/h22,24,58-59,62-63H,3-21,23,25-57H2,1-2H3,(H,61,64)/b24-22-. The highest BCUT2D eigenvalue weighted by Gasteiger charge is 2.20. The summed E-state index contributed by atoms with van der Waals surface area (Å²) < 4.78 is 0. The summed E-state index contributed by atoms with van der Waals surface area (Å²) in [6.45, 7) is 4.40.